The van der Waals surface area contributed by atoms with Crippen LogP contribution in [0.2, 0.25) is 0 Å². The van der Waals surface area contributed by atoms with E-state index in [0.717, 1.165) is 22.8 Å². The van der Waals surface area contributed by atoms with Crippen LogP contribution in [0, 0.1) is 31.6 Å². The average Bonchev–Trinajstić information content (AvgIpc) is 3.08. The third kappa shape index (κ3) is 2.25. The maximum atomic E-state index is 11.9. The summed E-state index contributed by atoms with van der Waals surface area (Å²) >= 11 is 0. The molecule has 19 heavy (non-hydrogen) atoms. The standard InChI is InChI=1S/C16H13O3/c1-18-13-8-6-12(7-9-13)15-14(10-19-16(15)17)11-4-2-3-5-11/h2-9H,10H2,1H3. The Bertz CT molecular complexity index is 507. The maximum absolute atomic E-state index is 11.9. The molecule has 1 heterocycles. The van der Waals surface area contributed by atoms with Gasteiger partial charge in [-0.2, -0.15) is 0 Å². The number of carbonyl (C=O) groups is 1. The van der Waals surface area contributed by atoms with Crippen molar-refractivity contribution in [1.29, 1.82) is 0 Å². The highest BCUT2D eigenvalue weighted by Crippen LogP contribution is 2.38. The van der Waals surface area contributed by atoms with Crippen LogP contribution in [0.5, 0.6) is 5.75 Å². The van der Waals surface area contributed by atoms with Crippen molar-refractivity contribution in [2.45, 2.75) is 0 Å². The minimum absolute atomic E-state index is 0.263. The fourth-order valence-corrected chi connectivity index (χ4v) is 2.26. The van der Waals surface area contributed by atoms with E-state index in [9.17, 15) is 4.79 Å². The highest BCUT2D eigenvalue weighted by molar-refractivity contribution is 6.20. The summed E-state index contributed by atoms with van der Waals surface area (Å²) in [5.41, 5.74) is 2.45. The van der Waals surface area contributed by atoms with Crippen molar-refractivity contribution in [3.8, 4) is 5.75 Å². The third-order valence-corrected chi connectivity index (χ3v) is 3.24. The van der Waals surface area contributed by atoms with Gasteiger partial charge in [0.05, 0.1) is 12.7 Å². The number of methoxy groups -OCH3 is 1. The highest BCUT2D eigenvalue weighted by atomic mass is 16.5. The van der Waals surface area contributed by atoms with Crippen molar-refractivity contribution < 1.29 is 14.3 Å². The topological polar surface area (TPSA) is 35.5 Å². The first-order chi connectivity index (χ1) is 9.29. The Hall–Kier alpha value is -1.77. The summed E-state index contributed by atoms with van der Waals surface area (Å²) in [6.45, 7) is 0.338. The van der Waals surface area contributed by atoms with Gasteiger partial charge in [0.25, 0.3) is 0 Å². The summed E-state index contributed by atoms with van der Waals surface area (Å²) in [5, 5.41) is 0. The van der Waals surface area contributed by atoms with Crippen molar-refractivity contribution in [2.75, 3.05) is 13.7 Å². The molecule has 0 aromatic heterocycles. The lowest BCUT2D eigenvalue weighted by Crippen LogP contribution is -2.01. The summed E-state index contributed by atoms with van der Waals surface area (Å²) in [7, 11) is 1.62. The van der Waals surface area contributed by atoms with Gasteiger partial charge < -0.3 is 9.47 Å². The van der Waals surface area contributed by atoms with Crippen LogP contribution in [0.1, 0.15) is 5.56 Å². The number of benzene rings is 1. The Morgan fingerprint density at radius 1 is 1.11 bits per heavy atom. The van der Waals surface area contributed by atoms with Crippen LogP contribution < -0.4 is 4.74 Å². The molecule has 0 saturated heterocycles. The van der Waals surface area contributed by atoms with E-state index in [4.69, 9.17) is 9.47 Å². The van der Waals surface area contributed by atoms with Crippen molar-refractivity contribution >= 4 is 11.5 Å². The van der Waals surface area contributed by atoms with Gasteiger partial charge in [-0.05, 0) is 49.0 Å². The molecular weight excluding hydrogens is 240 g/mol. The molecular formula is C16H13O3. The zero-order valence-electron chi connectivity index (χ0n) is 10.6. The molecule has 3 heteroatoms. The third-order valence-electron chi connectivity index (χ3n) is 3.24. The summed E-state index contributed by atoms with van der Waals surface area (Å²) in [4.78, 5) is 11.9. The smallest absolute Gasteiger partial charge is 0.339 e. The summed E-state index contributed by atoms with van der Waals surface area (Å²) < 4.78 is 10.3. The number of hydrogen-bond donors (Lipinski definition) is 0. The van der Waals surface area contributed by atoms with Crippen molar-refractivity contribution in [2.24, 2.45) is 0 Å². The number of esters is 1. The van der Waals surface area contributed by atoms with Gasteiger partial charge in [-0.15, -0.1) is 0 Å². The number of rotatable bonds is 3. The normalized spacial score (nSPS) is 19.9. The molecule has 0 amide bonds. The van der Waals surface area contributed by atoms with Gasteiger partial charge in [0.15, 0.2) is 0 Å². The lowest BCUT2D eigenvalue weighted by molar-refractivity contribution is -0.134. The molecule has 0 atom stereocenters. The first-order valence-corrected chi connectivity index (χ1v) is 6.06. The van der Waals surface area contributed by atoms with Gasteiger partial charge in [0.2, 0.25) is 0 Å². The molecule has 2 aliphatic rings. The molecule has 0 N–H and O–H groups in total. The van der Waals surface area contributed by atoms with Gasteiger partial charge in [0.1, 0.15) is 12.4 Å². The molecule has 3 nitrogen and oxygen atoms in total. The van der Waals surface area contributed by atoms with E-state index in [1.165, 1.54) is 0 Å². The zero-order chi connectivity index (χ0) is 13.2. The summed E-state index contributed by atoms with van der Waals surface area (Å²) in [6.07, 6.45) is 7.88. The fourth-order valence-electron chi connectivity index (χ4n) is 2.26. The molecule has 1 aliphatic heterocycles. The maximum Gasteiger partial charge on any atom is 0.339 e. The second-order valence-electron chi connectivity index (χ2n) is 4.33. The van der Waals surface area contributed by atoms with Crippen molar-refractivity contribution in [3.63, 3.8) is 0 Å². The lowest BCUT2D eigenvalue weighted by Gasteiger charge is -2.10. The van der Waals surface area contributed by atoms with Crippen LogP contribution in [-0.2, 0) is 9.53 Å². The molecule has 0 unspecified atom stereocenters. The van der Waals surface area contributed by atoms with E-state index in [0.29, 0.717) is 12.2 Å². The quantitative estimate of drug-likeness (QED) is 0.776. The van der Waals surface area contributed by atoms with Gasteiger partial charge in [0, 0.05) is 5.92 Å². The zero-order valence-corrected chi connectivity index (χ0v) is 10.6. The van der Waals surface area contributed by atoms with Crippen LogP contribution >= 0.6 is 0 Å². The first-order valence-electron chi connectivity index (χ1n) is 6.06. The van der Waals surface area contributed by atoms with E-state index >= 15 is 0 Å². The Morgan fingerprint density at radius 2 is 1.79 bits per heavy atom. The van der Waals surface area contributed by atoms with Gasteiger partial charge >= 0.3 is 5.97 Å². The molecule has 1 fully saturated rings. The lowest BCUT2D eigenvalue weighted by atomic mass is 9.91. The highest BCUT2D eigenvalue weighted by Gasteiger charge is 2.33. The molecule has 0 bridgehead atoms. The molecule has 1 aromatic rings. The van der Waals surface area contributed by atoms with E-state index in [2.05, 4.69) is 0 Å². The number of ether oxygens (including phenoxy) is 2. The van der Waals surface area contributed by atoms with Crippen LogP contribution in [-0.4, -0.2) is 19.7 Å². The second-order valence-corrected chi connectivity index (χ2v) is 4.33. The Kier molecular flexibility index (Phi) is 3.28. The minimum Gasteiger partial charge on any atom is -0.497 e. The summed E-state index contributed by atoms with van der Waals surface area (Å²) in [6, 6.07) is 7.44. The first kappa shape index (κ1) is 12.3. The molecule has 1 saturated carbocycles. The number of cyclic esters (lactones) is 1. The number of hydrogen-bond acceptors (Lipinski definition) is 3. The number of carbonyl (C=O) groups excluding carboxylic acids is 1. The van der Waals surface area contributed by atoms with Crippen LogP contribution in [0.3, 0.4) is 0 Å². The molecule has 1 aromatic carbocycles. The van der Waals surface area contributed by atoms with Crippen molar-refractivity contribution in [3.05, 3.63) is 67.0 Å². The molecule has 1 aliphatic carbocycles. The molecule has 3 rings (SSSR count). The summed E-state index contributed by atoms with van der Waals surface area (Å²) in [5.74, 6) is 1.55. The van der Waals surface area contributed by atoms with E-state index in [1.807, 2.05) is 49.9 Å². The van der Waals surface area contributed by atoms with Gasteiger partial charge in [-0.25, -0.2) is 4.79 Å². The predicted molar refractivity (Wildman–Crippen MR) is 71.3 cm³/mol. The molecule has 5 radical (unpaired) electrons. The molecule has 0 spiro atoms. The van der Waals surface area contributed by atoms with E-state index < -0.39 is 0 Å². The van der Waals surface area contributed by atoms with Crippen LogP contribution in [0.25, 0.3) is 5.57 Å². The Labute approximate surface area is 113 Å². The Morgan fingerprint density at radius 3 is 2.42 bits per heavy atom. The fraction of sp³-hybridized carbons (Fsp3) is 0.125. The predicted octanol–water partition coefficient (Wildman–Crippen LogP) is 2.41. The van der Waals surface area contributed by atoms with Gasteiger partial charge in [-0.3, -0.25) is 0 Å². The minimum atomic E-state index is -0.263. The van der Waals surface area contributed by atoms with Crippen molar-refractivity contribution in [1.82, 2.24) is 0 Å². The van der Waals surface area contributed by atoms with Crippen LogP contribution in [0.15, 0.2) is 29.8 Å². The second kappa shape index (κ2) is 5.08. The average molecular weight is 253 g/mol. The van der Waals surface area contributed by atoms with E-state index in [-0.39, 0.29) is 5.97 Å². The largest absolute Gasteiger partial charge is 0.497 e. The van der Waals surface area contributed by atoms with Crippen LogP contribution in [0.4, 0.5) is 0 Å². The molecule has 95 valence electrons. The van der Waals surface area contributed by atoms with Gasteiger partial charge in [-0.1, -0.05) is 12.1 Å². The Balaban J connectivity index is 1.97. The monoisotopic (exact) mass is 253 g/mol. The SMILES string of the molecule is COc1ccc(C2=C([C]3[CH][CH][CH][CH]3)COC2=O)cc1. The van der Waals surface area contributed by atoms with E-state index in [1.54, 1.807) is 7.11 Å².